The number of hydrogen-bond acceptors (Lipinski definition) is 3. The summed E-state index contributed by atoms with van der Waals surface area (Å²) in [6.07, 6.45) is 3.90. The van der Waals surface area contributed by atoms with Crippen LogP contribution in [0.1, 0.15) is 6.42 Å². The van der Waals surface area contributed by atoms with Crippen molar-refractivity contribution in [3.05, 3.63) is 37.0 Å². The second kappa shape index (κ2) is 6.65. The summed E-state index contributed by atoms with van der Waals surface area (Å²) in [6, 6.07) is 0. The van der Waals surface area contributed by atoms with Crippen LogP contribution in [-0.2, 0) is 14.3 Å². The van der Waals surface area contributed by atoms with E-state index in [1.807, 2.05) is 0 Å². The Morgan fingerprint density at radius 1 is 1.43 bits per heavy atom. The number of ether oxygens (including phenoxy) is 1. The topological polar surface area (TPSA) is 63.6 Å². The van der Waals surface area contributed by atoms with Gasteiger partial charge >= 0.3 is 11.9 Å². The minimum atomic E-state index is -1.06. The van der Waals surface area contributed by atoms with Gasteiger partial charge in [0, 0.05) is 11.6 Å². The van der Waals surface area contributed by atoms with E-state index in [4.69, 9.17) is 5.11 Å². The van der Waals surface area contributed by atoms with Gasteiger partial charge in [-0.15, -0.1) is 0 Å². The van der Waals surface area contributed by atoms with Crippen LogP contribution in [0.4, 0.5) is 0 Å². The van der Waals surface area contributed by atoms with Crippen molar-refractivity contribution in [3.63, 3.8) is 0 Å². The Bertz CT molecular complexity index is 276. The lowest BCUT2D eigenvalue weighted by atomic mass is 10.2. The minimum absolute atomic E-state index is 0.125. The fraction of sp³-hybridized carbons (Fsp3) is 0.200. The van der Waals surface area contributed by atoms with E-state index in [1.165, 1.54) is 12.2 Å². The highest BCUT2D eigenvalue weighted by atomic mass is 16.5. The number of rotatable bonds is 6. The Kier molecular flexibility index (Phi) is 5.78. The molecule has 4 heteroatoms. The first-order valence-electron chi connectivity index (χ1n) is 3.93. The van der Waals surface area contributed by atoms with Gasteiger partial charge in [-0.25, -0.2) is 9.59 Å². The number of allylic oxidation sites excluding steroid dienone is 1. The number of aliphatic carboxylic acids is 1. The third kappa shape index (κ3) is 5.77. The summed E-state index contributed by atoms with van der Waals surface area (Å²) >= 11 is 0. The summed E-state index contributed by atoms with van der Waals surface area (Å²) in [7, 11) is 0. The van der Waals surface area contributed by atoms with Crippen molar-refractivity contribution in [3.8, 4) is 0 Å². The fourth-order valence-electron chi connectivity index (χ4n) is 0.622. The molecule has 0 aliphatic heterocycles. The molecule has 0 heterocycles. The van der Waals surface area contributed by atoms with Crippen LogP contribution >= 0.6 is 0 Å². The van der Waals surface area contributed by atoms with Crippen molar-refractivity contribution in [1.82, 2.24) is 0 Å². The van der Waals surface area contributed by atoms with Crippen LogP contribution in [0.15, 0.2) is 37.0 Å². The van der Waals surface area contributed by atoms with E-state index in [2.05, 4.69) is 17.9 Å². The van der Waals surface area contributed by atoms with Gasteiger partial charge in [0.05, 0.1) is 0 Å². The van der Waals surface area contributed by atoms with E-state index in [1.54, 1.807) is 0 Å². The quantitative estimate of drug-likeness (QED) is 0.395. The van der Waals surface area contributed by atoms with Crippen LogP contribution < -0.4 is 0 Å². The number of carboxylic acids is 1. The SMILES string of the molecule is C=CCOC(=O)C(=C)CC=CC(=O)O. The van der Waals surface area contributed by atoms with Crippen LogP contribution in [0.2, 0.25) is 0 Å². The molecule has 0 aromatic heterocycles. The molecule has 76 valence electrons. The van der Waals surface area contributed by atoms with Crippen LogP contribution in [0.3, 0.4) is 0 Å². The highest BCUT2D eigenvalue weighted by Crippen LogP contribution is 2.02. The van der Waals surface area contributed by atoms with E-state index in [0.29, 0.717) is 0 Å². The summed E-state index contributed by atoms with van der Waals surface area (Å²) in [5, 5.41) is 8.26. The average Bonchev–Trinajstić information content (AvgIpc) is 2.13. The van der Waals surface area contributed by atoms with Gasteiger partial charge in [-0.1, -0.05) is 25.3 Å². The Hall–Kier alpha value is -1.84. The van der Waals surface area contributed by atoms with Crippen molar-refractivity contribution in [2.24, 2.45) is 0 Å². The fourth-order valence-corrected chi connectivity index (χ4v) is 0.622. The molecule has 1 N–H and O–H groups in total. The third-order valence-corrected chi connectivity index (χ3v) is 1.25. The molecule has 0 aliphatic carbocycles. The highest BCUT2D eigenvalue weighted by molar-refractivity contribution is 5.88. The molecule has 0 aromatic rings. The second-order valence-electron chi connectivity index (χ2n) is 2.44. The maximum Gasteiger partial charge on any atom is 0.334 e. The van der Waals surface area contributed by atoms with Gasteiger partial charge in [-0.3, -0.25) is 0 Å². The standard InChI is InChI=1S/C10H12O4/c1-3-7-14-10(13)8(2)5-4-6-9(11)12/h3-4,6H,1-2,5,7H2,(H,11,12). The van der Waals surface area contributed by atoms with Crippen molar-refractivity contribution in [1.29, 1.82) is 0 Å². The van der Waals surface area contributed by atoms with E-state index >= 15 is 0 Å². The van der Waals surface area contributed by atoms with Crippen molar-refractivity contribution < 1.29 is 19.4 Å². The number of carbonyl (C=O) groups is 2. The Morgan fingerprint density at radius 3 is 2.57 bits per heavy atom. The van der Waals surface area contributed by atoms with Gasteiger partial charge in [0.15, 0.2) is 0 Å². The number of hydrogen-bond donors (Lipinski definition) is 1. The molecule has 0 radical (unpaired) electrons. The molecule has 0 spiro atoms. The first-order valence-corrected chi connectivity index (χ1v) is 3.93. The number of esters is 1. The molecule has 0 saturated heterocycles. The van der Waals surface area contributed by atoms with Gasteiger partial charge in [0.25, 0.3) is 0 Å². The normalized spacial score (nSPS) is 9.71. The lowest BCUT2D eigenvalue weighted by Gasteiger charge is -2.01. The lowest BCUT2D eigenvalue weighted by Crippen LogP contribution is -2.06. The van der Waals surface area contributed by atoms with Crippen LogP contribution in [0, 0.1) is 0 Å². The van der Waals surface area contributed by atoms with Crippen molar-refractivity contribution >= 4 is 11.9 Å². The molecule has 0 amide bonds. The largest absolute Gasteiger partial charge is 0.478 e. The molecular weight excluding hydrogens is 184 g/mol. The van der Waals surface area contributed by atoms with Crippen LogP contribution in [0.5, 0.6) is 0 Å². The van der Waals surface area contributed by atoms with E-state index in [0.717, 1.165) is 6.08 Å². The summed E-state index contributed by atoms with van der Waals surface area (Å²) in [6.45, 7) is 6.96. The zero-order valence-corrected chi connectivity index (χ0v) is 7.73. The predicted octanol–water partition coefficient (Wildman–Crippen LogP) is 1.30. The van der Waals surface area contributed by atoms with Crippen LogP contribution in [-0.4, -0.2) is 23.7 Å². The zero-order valence-electron chi connectivity index (χ0n) is 7.73. The molecule has 0 saturated carbocycles. The summed E-state index contributed by atoms with van der Waals surface area (Å²) in [5.41, 5.74) is 0.212. The molecule has 0 aromatic carbocycles. The highest BCUT2D eigenvalue weighted by Gasteiger charge is 2.05. The number of carboxylic acid groups (broad SMARTS) is 1. The zero-order chi connectivity index (χ0) is 11.0. The maximum atomic E-state index is 11.0. The second-order valence-corrected chi connectivity index (χ2v) is 2.44. The smallest absolute Gasteiger partial charge is 0.334 e. The molecular formula is C10H12O4. The van der Waals surface area contributed by atoms with Gasteiger partial charge in [0.1, 0.15) is 6.61 Å². The van der Waals surface area contributed by atoms with Gasteiger partial charge in [-0.05, 0) is 6.42 Å². The molecule has 0 atom stereocenters. The van der Waals surface area contributed by atoms with Crippen LogP contribution in [0.25, 0.3) is 0 Å². The summed E-state index contributed by atoms with van der Waals surface area (Å²) in [5.74, 6) is -1.60. The summed E-state index contributed by atoms with van der Waals surface area (Å²) in [4.78, 5) is 21.1. The minimum Gasteiger partial charge on any atom is -0.478 e. The van der Waals surface area contributed by atoms with E-state index in [-0.39, 0.29) is 18.6 Å². The van der Waals surface area contributed by atoms with E-state index < -0.39 is 11.9 Å². The third-order valence-electron chi connectivity index (χ3n) is 1.25. The Labute approximate surface area is 82.2 Å². The van der Waals surface area contributed by atoms with Gasteiger partial charge in [0.2, 0.25) is 0 Å². The monoisotopic (exact) mass is 196 g/mol. The molecule has 0 bridgehead atoms. The average molecular weight is 196 g/mol. The number of carbonyl (C=O) groups excluding carboxylic acids is 1. The molecule has 0 rings (SSSR count). The van der Waals surface area contributed by atoms with E-state index in [9.17, 15) is 9.59 Å². The Balaban J connectivity index is 3.90. The molecule has 4 nitrogen and oxygen atoms in total. The van der Waals surface area contributed by atoms with Gasteiger partial charge < -0.3 is 9.84 Å². The molecule has 14 heavy (non-hydrogen) atoms. The maximum absolute atomic E-state index is 11.0. The first-order chi connectivity index (χ1) is 6.57. The van der Waals surface area contributed by atoms with Crippen molar-refractivity contribution in [2.75, 3.05) is 6.61 Å². The molecule has 0 aliphatic rings. The Morgan fingerprint density at radius 2 is 2.07 bits per heavy atom. The first kappa shape index (κ1) is 12.2. The molecule has 0 unspecified atom stereocenters. The predicted molar refractivity (Wildman–Crippen MR) is 51.7 cm³/mol. The lowest BCUT2D eigenvalue weighted by molar-refractivity contribution is -0.138. The van der Waals surface area contributed by atoms with Gasteiger partial charge in [-0.2, -0.15) is 0 Å². The van der Waals surface area contributed by atoms with Crippen molar-refractivity contribution in [2.45, 2.75) is 6.42 Å². The summed E-state index contributed by atoms with van der Waals surface area (Å²) < 4.78 is 4.67. The molecule has 0 fully saturated rings.